The highest BCUT2D eigenvalue weighted by Gasteiger charge is 2.39. The molecule has 1 amide bonds. The molecule has 1 heterocycles. The van der Waals surface area contributed by atoms with E-state index in [9.17, 15) is 4.79 Å². The fourth-order valence-corrected chi connectivity index (χ4v) is 3.64. The smallest absolute Gasteiger partial charge is 0.216 e. The second-order valence-electron chi connectivity index (χ2n) is 7.05. The van der Waals surface area contributed by atoms with Gasteiger partial charge in [-0.25, -0.2) is 0 Å². The highest BCUT2D eigenvalue weighted by Crippen LogP contribution is 2.31. The average molecular weight is 332 g/mol. The van der Waals surface area contributed by atoms with E-state index in [0.717, 1.165) is 26.1 Å². The molecule has 0 aromatic heterocycles. The molecular formula is C20H32N2O2. The molecular weight excluding hydrogens is 300 g/mol. The maximum Gasteiger partial charge on any atom is 0.216 e. The first kappa shape index (κ1) is 18.9. The third-order valence-corrected chi connectivity index (χ3v) is 5.28. The highest BCUT2D eigenvalue weighted by atomic mass is 16.5. The van der Waals surface area contributed by atoms with Crippen LogP contribution in [0.3, 0.4) is 0 Å². The van der Waals surface area contributed by atoms with E-state index in [4.69, 9.17) is 4.74 Å². The van der Waals surface area contributed by atoms with Crippen LogP contribution in [0.1, 0.15) is 39.7 Å². The third kappa shape index (κ3) is 5.05. The summed E-state index contributed by atoms with van der Waals surface area (Å²) in [5.74, 6) is 1.01. The van der Waals surface area contributed by atoms with E-state index in [2.05, 4.69) is 55.3 Å². The van der Waals surface area contributed by atoms with Crippen LogP contribution in [-0.2, 0) is 16.1 Å². The molecule has 4 heteroatoms. The number of piperidine rings is 1. The lowest BCUT2D eigenvalue weighted by Crippen LogP contribution is -2.58. The minimum Gasteiger partial charge on any atom is -0.372 e. The van der Waals surface area contributed by atoms with Crippen LogP contribution < -0.4 is 5.32 Å². The summed E-state index contributed by atoms with van der Waals surface area (Å²) in [5, 5.41) is 3.01. The molecule has 0 bridgehead atoms. The minimum atomic E-state index is 0.0498. The lowest BCUT2D eigenvalue weighted by Gasteiger charge is -2.47. The number of rotatable bonds is 7. The van der Waals surface area contributed by atoms with Crippen molar-refractivity contribution in [2.45, 2.75) is 52.9 Å². The molecule has 1 N–H and O–H groups in total. The zero-order valence-corrected chi connectivity index (χ0v) is 15.5. The van der Waals surface area contributed by atoms with E-state index >= 15 is 0 Å². The van der Waals surface area contributed by atoms with Crippen LogP contribution in [-0.4, -0.2) is 42.6 Å². The summed E-state index contributed by atoms with van der Waals surface area (Å²) >= 11 is 0. The summed E-state index contributed by atoms with van der Waals surface area (Å²) in [5.41, 5.74) is 1.22. The molecule has 0 saturated carbocycles. The number of nitrogens with one attached hydrogen (secondary N) is 1. The minimum absolute atomic E-state index is 0.0498. The molecule has 1 fully saturated rings. The Kier molecular flexibility index (Phi) is 7.25. The van der Waals surface area contributed by atoms with Gasteiger partial charge in [0.1, 0.15) is 0 Å². The number of nitrogens with zero attached hydrogens (tertiary/aromatic N) is 1. The van der Waals surface area contributed by atoms with Crippen molar-refractivity contribution in [3.8, 4) is 0 Å². The van der Waals surface area contributed by atoms with Crippen molar-refractivity contribution >= 4 is 5.91 Å². The number of hydrogen-bond acceptors (Lipinski definition) is 3. The molecule has 4 unspecified atom stereocenters. The molecule has 4 atom stereocenters. The lowest BCUT2D eigenvalue weighted by atomic mass is 9.80. The second-order valence-corrected chi connectivity index (χ2v) is 7.05. The molecule has 1 aliphatic rings. The number of benzene rings is 1. The van der Waals surface area contributed by atoms with E-state index < -0.39 is 0 Å². The van der Waals surface area contributed by atoms with Crippen LogP contribution in [0.15, 0.2) is 30.3 Å². The number of likely N-dealkylation sites (tertiary alicyclic amines) is 1. The molecule has 0 spiro atoms. The Morgan fingerprint density at radius 1 is 1.25 bits per heavy atom. The SMILES string of the molecule is CCCN1CC(OCc2ccccc2)C(C)C(C)C1CNC(C)=O. The molecule has 0 radical (unpaired) electrons. The number of carbonyl (C=O) groups is 1. The Hall–Kier alpha value is -1.39. The highest BCUT2D eigenvalue weighted by molar-refractivity contribution is 5.72. The summed E-state index contributed by atoms with van der Waals surface area (Å²) in [7, 11) is 0. The summed E-state index contributed by atoms with van der Waals surface area (Å²) in [4.78, 5) is 13.8. The standard InChI is InChI=1S/C20H32N2O2/c1-5-11-22-13-20(24-14-18-9-7-6-8-10-18)16(3)15(2)19(22)12-21-17(4)23/h6-10,15-16,19-20H,5,11-14H2,1-4H3,(H,21,23). The van der Waals surface area contributed by atoms with Crippen molar-refractivity contribution < 1.29 is 9.53 Å². The first-order chi connectivity index (χ1) is 11.5. The van der Waals surface area contributed by atoms with Crippen molar-refractivity contribution in [2.24, 2.45) is 11.8 Å². The summed E-state index contributed by atoms with van der Waals surface area (Å²) in [6.45, 7) is 11.8. The van der Waals surface area contributed by atoms with Gasteiger partial charge in [0.15, 0.2) is 0 Å². The van der Waals surface area contributed by atoms with Crippen LogP contribution >= 0.6 is 0 Å². The molecule has 0 aliphatic carbocycles. The van der Waals surface area contributed by atoms with Crippen molar-refractivity contribution in [1.82, 2.24) is 10.2 Å². The van der Waals surface area contributed by atoms with E-state index in [0.29, 0.717) is 24.5 Å². The Labute approximate surface area is 146 Å². The Morgan fingerprint density at radius 2 is 1.96 bits per heavy atom. The number of ether oxygens (including phenoxy) is 1. The normalized spacial score (nSPS) is 27.8. The van der Waals surface area contributed by atoms with Crippen molar-refractivity contribution in [3.63, 3.8) is 0 Å². The molecule has 1 saturated heterocycles. The van der Waals surface area contributed by atoms with Crippen LogP contribution in [0.2, 0.25) is 0 Å². The van der Waals surface area contributed by atoms with Gasteiger partial charge < -0.3 is 10.1 Å². The molecule has 1 aromatic carbocycles. The topological polar surface area (TPSA) is 41.6 Å². The molecule has 2 rings (SSSR count). The largest absolute Gasteiger partial charge is 0.372 e. The zero-order chi connectivity index (χ0) is 17.5. The Morgan fingerprint density at radius 3 is 2.58 bits per heavy atom. The maximum absolute atomic E-state index is 11.3. The monoisotopic (exact) mass is 332 g/mol. The van der Waals surface area contributed by atoms with Crippen LogP contribution in [0.5, 0.6) is 0 Å². The van der Waals surface area contributed by atoms with E-state index in [1.807, 2.05) is 6.07 Å². The van der Waals surface area contributed by atoms with Gasteiger partial charge in [0.25, 0.3) is 0 Å². The van der Waals surface area contributed by atoms with Gasteiger partial charge in [-0.1, -0.05) is 51.1 Å². The summed E-state index contributed by atoms with van der Waals surface area (Å²) in [6.07, 6.45) is 1.35. The molecule has 134 valence electrons. The van der Waals surface area contributed by atoms with Gasteiger partial charge in [-0.05, 0) is 30.4 Å². The van der Waals surface area contributed by atoms with Gasteiger partial charge in [-0.15, -0.1) is 0 Å². The van der Waals surface area contributed by atoms with Crippen molar-refractivity contribution in [1.29, 1.82) is 0 Å². The summed E-state index contributed by atoms with van der Waals surface area (Å²) in [6, 6.07) is 10.8. The number of carbonyl (C=O) groups excluding carboxylic acids is 1. The van der Waals surface area contributed by atoms with Crippen LogP contribution in [0, 0.1) is 11.8 Å². The van der Waals surface area contributed by atoms with E-state index in [1.165, 1.54) is 5.56 Å². The average Bonchev–Trinajstić information content (AvgIpc) is 2.57. The van der Waals surface area contributed by atoms with Gasteiger partial charge in [0.2, 0.25) is 5.91 Å². The molecule has 1 aliphatic heterocycles. The van der Waals surface area contributed by atoms with Crippen LogP contribution in [0.4, 0.5) is 0 Å². The van der Waals surface area contributed by atoms with E-state index in [1.54, 1.807) is 6.92 Å². The number of hydrogen-bond donors (Lipinski definition) is 1. The van der Waals surface area contributed by atoms with Gasteiger partial charge in [-0.2, -0.15) is 0 Å². The van der Waals surface area contributed by atoms with Crippen molar-refractivity contribution in [3.05, 3.63) is 35.9 Å². The number of amides is 1. The third-order valence-electron chi connectivity index (χ3n) is 5.28. The lowest BCUT2D eigenvalue weighted by molar-refractivity contribution is -0.120. The van der Waals surface area contributed by atoms with Gasteiger partial charge in [0, 0.05) is 26.1 Å². The molecule has 1 aromatic rings. The van der Waals surface area contributed by atoms with Gasteiger partial charge in [-0.3, -0.25) is 9.69 Å². The quantitative estimate of drug-likeness (QED) is 0.834. The molecule has 4 nitrogen and oxygen atoms in total. The van der Waals surface area contributed by atoms with Gasteiger partial charge in [0.05, 0.1) is 12.7 Å². The second kappa shape index (κ2) is 9.19. The fourth-order valence-electron chi connectivity index (χ4n) is 3.64. The van der Waals surface area contributed by atoms with Crippen molar-refractivity contribution in [2.75, 3.05) is 19.6 Å². The summed E-state index contributed by atoms with van der Waals surface area (Å²) < 4.78 is 6.27. The Bertz CT molecular complexity index is 506. The predicted octanol–water partition coefficient (Wildman–Crippen LogP) is 3.07. The molecule has 24 heavy (non-hydrogen) atoms. The van der Waals surface area contributed by atoms with Crippen LogP contribution in [0.25, 0.3) is 0 Å². The maximum atomic E-state index is 11.3. The predicted molar refractivity (Wildman–Crippen MR) is 97.7 cm³/mol. The zero-order valence-electron chi connectivity index (χ0n) is 15.5. The van der Waals surface area contributed by atoms with Gasteiger partial charge >= 0.3 is 0 Å². The van der Waals surface area contributed by atoms with E-state index in [-0.39, 0.29) is 12.0 Å². The Balaban J connectivity index is 2.00. The fraction of sp³-hybridized carbons (Fsp3) is 0.650. The first-order valence-electron chi connectivity index (χ1n) is 9.17. The first-order valence-corrected chi connectivity index (χ1v) is 9.17.